The first-order valence-corrected chi connectivity index (χ1v) is 8.56. The van der Waals surface area contributed by atoms with E-state index < -0.39 is 15.7 Å². The monoisotopic (exact) mass is 327 g/mol. The summed E-state index contributed by atoms with van der Waals surface area (Å²) in [5, 5.41) is 3.37. The predicted molar refractivity (Wildman–Crippen MR) is 83.0 cm³/mol. The lowest BCUT2D eigenvalue weighted by atomic mass is 10.1. The molecule has 0 radical (unpaired) electrons. The Kier molecular flexibility index (Phi) is 4.54. The van der Waals surface area contributed by atoms with Crippen LogP contribution in [0, 0.1) is 5.82 Å². The average molecular weight is 328 g/mol. The van der Waals surface area contributed by atoms with Crippen LogP contribution in [0.1, 0.15) is 18.5 Å². The third kappa shape index (κ3) is 3.95. The van der Waals surface area contributed by atoms with Crippen LogP contribution in [0.25, 0.3) is 0 Å². The maximum absolute atomic E-state index is 13.7. The summed E-state index contributed by atoms with van der Waals surface area (Å²) in [6.07, 6.45) is 1.16. The first-order chi connectivity index (χ1) is 9.77. The Labute approximate surface area is 128 Å². The van der Waals surface area contributed by atoms with Crippen molar-refractivity contribution in [3.05, 3.63) is 58.9 Å². The molecule has 0 aliphatic carbocycles. The van der Waals surface area contributed by atoms with Gasteiger partial charge in [0.15, 0.2) is 9.84 Å². The normalized spacial score (nSPS) is 13.0. The Balaban J connectivity index is 2.18. The van der Waals surface area contributed by atoms with Gasteiger partial charge in [-0.3, -0.25) is 0 Å². The third-order valence-corrected chi connectivity index (χ3v) is 4.47. The lowest BCUT2D eigenvalue weighted by Crippen LogP contribution is -2.08. The van der Waals surface area contributed by atoms with Crippen LogP contribution in [0.4, 0.5) is 10.1 Å². The summed E-state index contributed by atoms with van der Waals surface area (Å²) < 4.78 is 36.5. The molecule has 0 saturated heterocycles. The molecule has 0 aliphatic rings. The minimum absolute atomic E-state index is 0.172. The van der Waals surface area contributed by atoms with Gasteiger partial charge in [0.25, 0.3) is 0 Å². The van der Waals surface area contributed by atoms with Crippen molar-refractivity contribution in [2.45, 2.75) is 17.9 Å². The van der Waals surface area contributed by atoms with Gasteiger partial charge in [0.05, 0.1) is 10.6 Å². The second-order valence-electron chi connectivity index (χ2n) is 4.83. The van der Waals surface area contributed by atoms with E-state index in [9.17, 15) is 12.8 Å². The van der Waals surface area contributed by atoms with Crippen molar-refractivity contribution < 1.29 is 12.8 Å². The summed E-state index contributed by atoms with van der Waals surface area (Å²) in [5.74, 6) is -0.429. The lowest BCUT2D eigenvalue weighted by molar-refractivity contribution is 0.602. The van der Waals surface area contributed by atoms with Crippen LogP contribution >= 0.6 is 11.6 Å². The largest absolute Gasteiger partial charge is 0.376 e. The zero-order valence-electron chi connectivity index (χ0n) is 11.6. The molecule has 0 spiro atoms. The van der Waals surface area contributed by atoms with Gasteiger partial charge in [0, 0.05) is 17.3 Å². The standard InChI is InChI=1S/C15H15ClFNO2S/c1-10(18-15-8-5-12(16)9-14(15)17)11-3-6-13(7-4-11)21(2,19)20/h3-10,18H,1-2H3. The quantitative estimate of drug-likeness (QED) is 0.921. The van der Waals surface area contributed by atoms with E-state index in [0.29, 0.717) is 10.7 Å². The Morgan fingerprint density at radius 3 is 2.29 bits per heavy atom. The fraction of sp³-hybridized carbons (Fsp3) is 0.200. The molecule has 0 amide bonds. The molecule has 0 bridgehead atoms. The number of sulfone groups is 1. The maximum Gasteiger partial charge on any atom is 0.175 e. The van der Waals surface area contributed by atoms with E-state index in [4.69, 9.17) is 11.6 Å². The van der Waals surface area contributed by atoms with Gasteiger partial charge in [-0.2, -0.15) is 0 Å². The lowest BCUT2D eigenvalue weighted by Gasteiger charge is -2.16. The molecular weight excluding hydrogens is 313 g/mol. The molecule has 3 nitrogen and oxygen atoms in total. The Hall–Kier alpha value is -1.59. The highest BCUT2D eigenvalue weighted by Gasteiger charge is 2.11. The van der Waals surface area contributed by atoms with Gasteiger partial charge in [-0.15, -0.1) is 0 Å². The van der Waals surface area contributed by atoms with Crippen molar-refractivity contribution in [3.8, 4) is 0 Å². The van der Waals surface area contributed by atoms with E-state index in [1.54, 1.807) is 36.4 Å². The van der Waals surface area contributed by atoms with Gasteiger partial charge < -0.3 is 5.32 Å². The van der Waals surface area contributed by atoms with Gasteiger partial charge in [-0.1, -0.05) is 23.7 Å². The molecule has 21 heavy (non-hydrogen) atoms. The predicted octanol–water partition coefficient (Wildman–Crippen LogP) is 4.06. The molecule has 1 unspecified atom stereocenters. The van der Waals surface area contributed by atoms with E-state index in [0.717, 1.165) is 11.8 Å². The summed E-state index contributed by atoms with van der Waals surface area (Å²) in [5.41, 5.74) is 1.20. The van der Waals surface area contributed by atoms with Crippen LogP contribution in [-0.2, 0) is 9.84 Å². The number of anilines is 1. The van der Waals surface area contributed by atoms with Gasteiger partial charge >= 0.3 is 0 Å². The highest BCUT2D eigenvalue weighted by Crippen LogP contribution is 2.24. The summed E-state index contributed by atoms with van der Waals surface area (Å²) in [6, 6.07) is 10.7. The molecule has 6 heteroatoms. The number of nitrogens with one attached hydrogen (secondary N) is 1. The van der Waals surface area contributed by atoms with E-state index in [1.165, 1.54) is 6.07 Å². The van der Waals surface area contributed by atoms with Crippen molar-refractivity contribution in [2.24, 2.45) is 0 Å². The molecule has 2 aromatic carbocycles. The van der Waals surface area contributed by atoms with Crippen LogP contribution in [0.3, 0.4) is 0 Å². The molecule has 1 N–H and O–H groups in total. The summed E-state index contributed by atoms with van der Waals surface area (Å²) in [6.45, 7) is 1.86. The number of halogens is 2. The molecular formula is C15H15ClFNO2S. The Morgan fingerprint density at radius 2 is 1.76 bits per heavy atom. The first-order valence-electron chi connectivity index (χ1n) is 6.29. The summed E-state index contributed by atoms with van der Waals surface area (Å²) in [4.78, 5) is 0.260. The number of hydrogen-bond acceptors (Lipinski definition) is 3. The zero-order chi connectivity index (χ0) is 15.6. The van der Waals surface area contributed by atoms with Gasteiger partial charge in [-0.05, 0) is 42.8 Å². The number of rotatable bonds is 4. The summed E-state index contributed by atoms with van der Waals surface area (Å²) in [7, 11) is -3.21. The minimum atomic E-state index is -3.21. The van der Waals surface area contributed by atoms with E-state index >= 15 is 0 Å². The second-order valence-corrected chi connectivity index (χ2v) is 7.28. The van der Waals surface area contributed by atoms with Crippen molar-refractivity contribution >= 4 is 27.1 Å². The van der Waals surface area contributed by atoms with Crippen molar-refractivity contribution in [2.75, 3.05) is 11.6 Å². The number of benzene rings is 2. The molecule has 0 saturated carbocycles. The van der Waals surface area contributed by atoms with Crippen LogP contribution in [0.15, 0.2) is 47.4 Å². The Bertz CT molecular complexity index is 745. The minimum Gasteiger partial charge on any atom is -0.376 e. The molecule has 0 fully saturated rings. The third-order valence-electron chi connectivity index (χ3n) is 3.11. The smallest absolute Gasteiger partial charge is 0.175 e. The molecule has 0 aliphatic heterocycles. The molecule has 2 rings (SSSR count). The van der Waals surface area contributed by atoms with Crippen LogP contribution in [0.2, 0.25) is 5.02 Å². The molecule has 2 aromatic rings. The molecule has 112 valence electrons. The van der Waals surface area contributed by atoms with Crippen LogP contribution < -0.4 is 5.32 Å². The van der Waals surface area contributed by atoms with Crippen molar-refractivity contribution in [3.63, 3.8) is 0 Å². The molecule has 0 aromatic heterocycles. The second kappa shape index (κ2) is 6.03. The highest BCUT2D eigenvalue weighted by atomic mass is 35.5. The fourth-order valence-corrected chi connectivity index (χ4v) is 2.72. The summed E-state index contributed by atoms with van der Waals surface area (Å²) >= 11 is 5.71. The van der Waals surface area contributed by atoms with E-state index in [1.807, 2.05) is 6.92 Å². The highest BCUT2D eigenvalue weighted by molar-refractivity contribution is 7.90. The van der Waals surface area contributed by atoms with Crippen molar-refractivity contribution in [1.29, 1.82) is 0 Å². The Morgan fingerprint density at radius 1 is 1.14 bits per heavy atom. The first kappa shape index (κ1) is 15.8. The van der Waals surface area contributed by atoms with Crippen LogP contribution in [0.5, 0.6) is 0 Å². The van der Waals surface area contributed by atoms with Gasteiger partial charge in [-0.25, -0.2) is 12.8 Å². The van der Waals surface area contributed by atoms with Crippen molar-refractivity contribution in [1.82, 2.24) is 0 Å². The molecule has 1 atom stereocenters. The number of hydrogen-bond donors (Lipinski definition) is 1. The molecule has 0 heterocycles. The SMILES string of the molecule is CC(Nc1ccc(Cl)cc1F)c1ccc(S(C)(=O)=O)cc1. The average Bonchev–Trinajstić information content (AvgIpc) is 2.41. The fourth-order valence-electron chi connectivity index (χ4n) is 1.93. The zero-order valence-corrected chi connectivity index (χ0v) is 13.2. The van der Waals surface area contributed by atoms with E-state index in [2.05, 4.69) is 5.32 Å². The van der Waals surface area contributed by atoms with Gasteiger partial charge in [0.2, 0.25) is 0 Å². The maximum atomic E-state index is 13.7. The van der Waals surface area contributed by atoms with E-state index in [-0.39, 0.29) is 10.9 Å². The topological polar surface area (TPSA) is 46.2 Å². The van der Waals surface area contributed by atoms with Gasteiger partial charge in [0.1, 0.15) is 5.82 Å². The van der Waals surface area contributed by atoms with Crippen LogP contribution in [-0.4, -0.2) is 14.7 Å².